The van der Waals surface area contributed by atoms with E-state index in [1.807, 2.05) is 24.3 Å². The molecule has 0 unspecified atom stereocenters. The Bertz CT molecular complexity index is 817. The van der Waals surface area contributed by atoms with Crippen molar-refractivity contribution >= 4 is 11.9 Å². The molecule has 0 N–H and O–H groups in total. The minimum absolute atomic E-state index is 0.129. The number of ether oxygens (including phenoxy) is 2. The number of methoxy groups -OCH3 is 2. The third-order valence-electron chi connectivity index (χ3n) is 3.42. The van der Waals surface area contributed by atoms with Crippen LogP contribution < -0.4 is 0 Å². The molecule has 0 aliphatic heterocycles. The fourth-order valence-corrected chi connectivity index (χ4v) is 2.23. The monoisotopic (exact) mass is 326 g/mol. The second-order valence-corrected chi connectivity index (χ2v) is 4.89. The first-order chi connectivity index (χ1) is 11.6. The van der Waals surface area contributed by atoms with Gasteiger partial charge in [0.15, 0.2) is 0 Å². The van der Waals surface area contributed by atoms with E-state index in [2.05, 4.69) is 9.47 Å². The Hall–Kier alpha value is -3.28. The summed E-state index contributed by atoms with van der Waals surface area (Å²) in [5, 5.41) is 0. The van der Waals surface area contributed by atoms with Crippen LogP contribution in [-0.4, -0.2) is 26.2 Å². The highest BCUT2D eigenvalue weighted by Gasteiger charge is 2.15. The Morgan fingerprint density at radius 1 is 0.750 bits per heavy atom. The Morgan fingerprint density at radius 3 is 1.62 bits per heavy atom. The molecule has 0 radical (unpaired) electrons. The molecule has 0 saturated carbocycles. The molecule has 0 bridgehead atoms. The van der Waals surface area contributed by atoms with E-state index in [-0.39, 0.29) is 11.5 Å². The Labute approximate surface area is 137 Å². The lowest BCUT2D eigenvalue weighted by Gasteiger charge is -2.01. The Kier molecular flexibility index (Phi) is 4.20. The first-order valence-corrected chi connectivity index (χ1v) is 7.09. The molecule has 6 heteroatoms. The largest absolute Gasteiger partial charge is 0.463 e. The Balaban J connectivity index is 1.92. The van der Waals surface area contributed by atoms with Crippen LogP contribution in [0.25, 0.3) is 22.6 Å². The highest BCUT2D eigenvalue weighted by Crippen LogP contribution is 2.29. The smallest absolute Gasteiger partial charge is 0.373 e. The number of rotatable bonds is 4. The molecule has 0 aliphatic carbocycles. The van der Waals surface area contributed by atoms with Gasteiger partial charge in [-0.1, -0.05) is 18.2 Å². The van der Waals surface area contributed by atoms with Crippen molar-refractivity contribution in [3.63, 3.8) is 0 Å². The van der Waals surface area contributed by atoms with E-state index < -0.39 is 11.9 Å². The van der Waals surface area contributed by atoms with Gasteiger partial charge in [-0.05, 0) is 30.3 Å². The van der Waals surface area contributed by atoms with Crippen LogP contribution in [0, 0.1) is 0 Å². The van der Waals surface area contributed by atoms with Crippen molar-refractivity contribution in [2.45, 2.75) is 0 Å². The highest BCUT2D eigenvalue weighted by molar-refractivity contribution is 5.88. The molecule has 0 amide bonds. The van der Waals surface area contributed by atoms with Crippen LogP contribution in [0.4, 0.5) is 0 Å². The molecule has 0 aliphatic rings. The molecule has 0 atom stereocenters. The zero-order valence-corrected chi connectivity index (χ0v) is 13.1. The van der Waals surface area contributed by atoms with E-state index in [1.54, 1.807) is 24.3 Å². The van der Waals surface area contributed by atoms with Crippen LogP contribution in [0.2, 0.25) is 0 Å². The number of furan rings is 2. The van der Waals surface area contributed by atoms with E-state index >= 15 is 0 Å². The summed E-state index contributed by atoms with van der Waals surface area (Å²) in [5.74, 6) is 0.235. The maximum Gasteiger partial charge on any atom is 0.373 e. The zero-order valence-electron chi connectivity index (χ0n) is 13.1. The molecule has 3 rings (SSSR count). The van der Waals surface area contributed by atoms with Gasteiger partial charge in [0, 0.05) is 11.1 Å². The van der Waals surface area contributed by atoms with Gasteiger partial charge in [-0.15, -0.1) is 0 Å². The fourth-order valence-electron chi connectivity index (χ4n) is 2.23. The molecule has 0 fully saturated rings. The van der Waals surface area contributed by atoms with Crippen molar-refractivity contribution in [2.75, 3.05) is 14.2 Å². The van der Waals surface area contributed by atoms with Crippen LogP contribution in [0.3, 0.4) is 0 Å². The molecule has 2 heterocycles. The van der Waals surface area contributed by atoms with E-state index in [0.717, 1.165) is 11.1 Å². The molecule has 0 saturated heterocycles. The summed E-state index contributed by atoms with van der Waals surface area (Å²) >= 11 is 0. The number of carbonyl (C=O) groups excluding carboxylic acids is 2. The summed E-state index contributed by atoms with van der Waals surface area (Å²) in [6, 6.07) is 13.8. The molecule has 2 aromatic heterocycles. The minimum Gasteiger partial charge on any atom is -0.463 e. The van der Waals surface area contributed by atoms with Crippen molar-refractivity contribution in [2.24, 2.45) is 0 Å². The van der Waals surface area contributed by atoms with Crippen molar-refractivity contribution < 1.29 is 27.9 Å². The van der Waals surface area contributed by atoms with Crippen LogP contribution in [0.5, 0.6) is 0 Å². The second kappa shape index (κ2) is 6.45. The molecule has 1 aromatic carbocycles. The van der Waals surface area contributed by atoms with E-state index in [1.165, 1.54) is 14.2 Å². The summed E-state index contributed by atoms with van der Waals surface area (Å²) in [6.07, 6.45) is 0. The zero-order chi connectivity index (χ0) is 17.1. The second-order valence-electron chi connectivity index (χ2n) is 4.89. The maximum absolute atomic E-state index is 11.5. The maximum atomic E-state index is 11.5. The normalized spacial score (nSPS) is 10.4. The first-order valence-electron chi connectivity index (χ1n) is 7.09. The summed E-state index contributed by atoms with van der Waals surface area (Å²) in [6.45, 7) is 0. The predicted molar refractivity (Wildman–Crippen MR) is 84.5 cm³/mol. The third kappa shape index (κ3) is 2.94. The van der Waals surface area contributed by atoms with Gasteiger partial charge in [-0.25, -0.2) is 9.59 Å². The van der Waals surface area contributed by atoms with Crippen LogP contribution >= 0.6 is 0 Å². The highest BCUT2D eigenvalue weighted by atomic mass is 16.5. The molecular formula is C18H14O6. The summed E-state index contributed by atoms with van der Waals surface area (Å²) in [4.78, 5) is 22.9. The number of benzene rings is 1. The van der Waals surface area contributed by atoms with Gasteiger partial charge in [-0.3, -0.25) is 0 Å². The average molecular weight is 326 g/mol. The lowest BCUT2D eigenvalue weighted by molar-refractivity contribution is 0.0558. The lowest BCUT2D eigenvalue weighted by atomic mass is 10.1. The molecule has 3 aromatic rings. The number of carbonyl (C=O) groups is 2. The third-order valence-corrected chi connectivity index (χ3v) is 3.42. The van der Waals surface area contributed by atoms with Crippen LogP contribution in [-0.2, 0) is 9.47 Å². The van der Waals surface area contributed by atoms with Crippen LogP contribution in [0.1, 0.15) is 21.1 Å². The van der Waals surface area contributed by atoms with Crippen molar-refractivity contribution in [1.82, 2.24) is 0 Å². The molecule has 122 valence electrons. The number of esters is 2. The SMILES string of the molecule is COC(=O)c1ccc(-c2cccc(-c3ccc(C(=O)OC)o3)c2)o1. The first kappa shape index (κ1) is 15.6. The number of hydrogen-bond donors (Lipinski definition) is 0. The summed E-state index contributed by atoms with van der Waals surface area (Å²) < 4.78 is 20.2. The van der Waals surface area contributed by atoms with Gasteiger partial charge in [0.2, 0.25) is 11.5 Å². The summed E-state index contributed by atoms with van der Waals surface area (Å²) in [7, 11) is 2.59. The molecule has 24 heavy (non-hydrogen) atoms. The van der Waals surface area contributed by atoms with Gasteiger partial charge in [0.1, 0.15) is 11.5 Å². The standard InChI is InChI=1S/C18H14O6/c1-21-17(19)15-8-6-13(23-15)11-4-3-5-12(10-11)14-7-9-16(24-14)18(20)22-2/h3-10H,1-2H3. The van der Waals surface area contributed by atoms with Gasteiger partial charge < -0.3 is 18.3 Å². The van der Waals surface area contributed by atoms with Gasteiger partial charge in [0.05, 0.1) is 14.2 Å². The molecule has 0 spiro atoms. The van der Waals surface area contributed by atoms with E-state index in [0.29, 0.717) is 11.5 Å². The average Bonchev–Trinajstić information content (AvgIpc) is 3.30. The fraction of sp³-hybridized carbons (Fsp3) is 0.111. The molecule has 6 nitrogen and oxygen atoms in total. The number of hydrogen-bond acceptors (Lipinski definition) is 6. The predicted octanol–water partition coefficient (Wildman–Crippen LogP) is 3.78. The van der Waals surface area contributed by atoms with Crippen molar-refractivity contribution in [3.05, 3.63) is 60.1 Å². The van der Waals surface area contributed by atoms with E-state index in [4.69, 9.17) is 8.83 Å². The minimum atomic E-state index is -0.536. The molecular weight excluding hydrogens is 312 g/mol. The summed E-state index contributed by atoms with van der Waals surface area (Å²) in [5.41, 5.74) is 1.53. The van der Waals surface area contributed by atoms with Gasteiger partial charge in [-0.2, -0.15) is 0 Å². The van der Waals surface area contributed by atoms with Gasteiger partial charge >= 0.3 is 11.9 Å². The lowest BCUT2D eigenvalue weighted by Crippen LogP contribution is -1.98. The van der Waals surface area contributed by atoms with E-state index in [9.17, 15) is 9.59 Å². The van der Waals surface area contributed by atoms with Crippen LogP contribution in [0.15, 0.2) is 57.4 Å². The Morgan fingerprint density at radius 2 is 1.21 bits per heavy atom. The van der Waals surface area contributed by atoms with Gasteiger partial charge in [0.25, 0.3) is 0 Å². The quantitative estimate of drug-likeness (QED) is 0.679. The topological polar surface area (TPSA) is 78.9 Å². The van der Waals surface area contributed by atoms with Crippen molar-refractivity contribution in [1.29, 1.82) is 0 Å². The van der Waals surface area contributed by atoms with Crippen molar-refractivity contribution in [3.8, 4) is 22.6 Å².